The lowest BCUT2D eigenvalue weighted by Crippen LogP contribution is -2.54. The van der Waals surface area contributed by atoms with Gasteiger partial charge in [-0.2, -0.15) is 12.7 Å². The van der Waals surface area contributed by atoms with Gasteiger partial charge in [-0.3, -0.25) is 4.79 Å². The van der Waals surface area contributed by atoms with Crippen LogP contribution in [0.2, 0.25) is 0 Å². The third-order valence-electron chi connectivity index (χ3n) is 3.56. The Balaban J connectivity index is 1.87. The predicted molar refractivity (Wildman–Crippen MR) is 66.9 cm³/mol. The van der Waals surface area contributed by atoms with Gasteiger partial charge in [0, 0.05) is 32.7 Å². The van der Waals surface area contributed by atoms with E-state index in [4.69, 9.17) is 5.14 Å². The summed E-state index contributed by atoms with van der Waals surface area (Å²) in [7, 11) is -3.62. The molecule has 0 aliphatic carbocycles. The Bertz CT molecular complexity index is 397. The maximum Gasteiger partial charge on any atom is 0.277 e. The number of nitrogens with two attached hydrogens (primary N) is 1. The highest BCUT2D eigenvalue weighted by molar-refractivity contribution is 7.86. The lowest BCUT2D eigenvalue weighted by molar-refractivity contribution is -0.137. The third kappa shape index (κ3) is 3.19. The zero-order valence-electron chi connectivity index (χ0n) is 10.3. The van der Waals surface area contributed by atoms with Crippen LogP contribution in [0.1, 0.15) is 12.8 Å². The standard InChI is InChI=1S/C10H20N4O3S/c11-18(16,17)14-6-4-13(5-7-14)10(15)9-2-1-3-12-8-9/h9,12H,1-8H2,(H2,11,16,17)/t9-/m1/s1. The minimum Gasteiger partial charge on any atom is -0.340 e. The fraction of sp³-hybridized carbons (Fsp3) is 0.900. The van der Waals surface area contributed by atoms with Gasteiger partial charge in [0.2, 0.25) is 5.91 Å². The second-order valence-corrected chi connectivity index (χ2v) is 6.36. The molecule has 2 heterocycles. The molecule has 18 heavy (non-hydrogen) atoms. The van der Waals surface area contributed by atoms with E-state index in [0.29, 0.717) is 26.2 Å². The molecule has 2 aliphatic rings. The summed E-state index contributed by atoms with van der Waals surface area (Å²) < 4.78 is 23.5. The second kappa shape index (κ2) is 5.52. The van der Waals surface area contributed by atoms with Crippen LogP contribution in [0.15, 0.2) is 0 Å². The van der Waals surface area contributed by atoms with E-state index in [1.807, 2.05) is 0 Å². The molecule has 0 radical (unpaired) electrons. The minimum atomic E-state index is -3.62. The summed E-state index contributed by atoms with van der Waals surface area (Å²) in [6.07, 6.45) is 1.94. The van der Waals surface area contributed by atoms with Gasteiger partial charge in [-0.25, -0.2) is 5.14 Å². The molecule has 3 N–H and O–H groups in total. The van der Waals surface area contributed by atoms with Gasteiger partial charge in [0.05, 0.1) is 5.92 Å². The third-order valence-corrected chi connectivity index (χ3v) is 4.64. The molecular formula is C10H20N4O3S. The van der Waals surface area contributed by atoms with Crippen molar-refractivity contribution in [3.05, 3.63) is 0 Å². The Kier molecular flexibility index (Phi) is 4.21. The number of rotatable bonds is 2. The van der Waals surface area contributed by atoms with Crippen molar-refractivity contribution in [3.8, 4) is 0 Å². The van der Waals surface area contributed by atoms with Crippen molar-refractivity contribution in [2.24, 2.45) is 11.1 Å². The van der Waals surface area contributed by atoms with E-state index < -0.39 is 10.2 Å². The quantitative estimate of drug-likeness (QED) is 0.630. The molecule has 0 unspecified atom stereocenters. The zero-order valence-corrected chi connectivity index (χ0v) is 11.2. The molecule has 0 spiro atoms. The molecular weight excluding hydrogens is 256 g/mol. The second-order valence-electron chi connectivity index (χ2n) is 4.81. The van der Waals surface area contributed by atoms with E-state index in [1.165, 1.54) is 4.31 Å². The van der Waals surface area contributed by atoms with Gasteiger partial charge >= 0.3 is 0 Å². The molecule has 2 fully saturated rings. The number of hydrogen-bond donors (Lipinski definition) is 2. The van der Waals surface area contributed by atoms with Crippen molar-refractivity contribution in [1.29, 1.82) is 0 Å². The van der Waals surface area contributed by atoms with Crippen molar-refractivity contribution < 1.29 is 13.2 Å². The smallest absolute Gasteiger partial charge is 0.277 e. The molecule has 0 saturated carbocycles. The van der Waals surface area contributed by atoms with Crippen LogP contribution in [-0.2, 0) is 15.0 Å². The SMILES string of the molecule is NS(=O)(=O)N1CCN(C(=O)[C@@H]2CCCNC2)CC1. The fourth-order valence-corrected chi connectivity index (χ4v) is 3.16. The van der Waals surface area contributed by atoms with Gasteiger partial charge in [0.1, 0.15) is 0 Å². The number of carbonyl (C=O) groups excluding carboxylic acids is 1. The van der Waals surface area contributed by atoms with Crippen LogP contribution in [-0.4, -0.2) is 62.8 Å². The average molecular weight is 276 g/mol. The Morgan fingerprint density at radius 3 is 2.39 bits per heavy atom. The molecule has 104 valence electrons. The summed E-state index contributed by atoms with van der Waals surface area (Å²) >= 11 is 0. The summed E-state index contributed by atoms with van der Waals surface area (Å²) in [5, 5.41) is 8.27. The Hall–Kier alpha value is -0.700. The number of piperidine rings is 1. The first-order valence-corrected chi connectivity index (χ1v) is 7.76. The fourth-order valence-electron chi connectivity index (χ4n) is 2.48. The van der Waals surface area contributed by atoms with Crippen molar-refractivity contribution in [1.82, 2.24) is 14.5 Å². The van der Waals surface area contributed by atoms with Crippen molar-refractivity contribution in [2.45, 2.75) is 12.8 Å². The molecule has 2 rings (SSSR count). The normalized spacial score (nSPS) is 27.2. The zero-order chi connectivity index (χ0) is 13.2. The van der Waals surface area contributed by atoms with E-state index in [1.54, 1.807) is 4.90 Å². The molecule has 2 saturated heterocycles. The van der Waals surface area contributed by atoms with Crippen LogP contribution in [0.3, 0.4) is 0 Å². The number of nitrogens with zero attached hydrogens (tertiary/aromatic N) is 2. The molecule has 8 heteroatoms. The van der Waals surface area contributed by atoms with Gasteiger partial charge < -0.3 is 10.2 Å². The summed E-state index contributed by atoms with van der Waals surface area (Å²) in [6, 6.07) is 0. The minimum absolute atomic E-state index is 0.0415. The highest BCUT2D eigenvalue weighted by Gasteiger charge is 2.30. The molecule has 0 aromatic rings. The van der Waals surface area contributed by atoms with Crippen LogP contribution in [0.5, 0.6) is 0 Å². The Labute approximate surface area is 107 Å². The molecule has 1 atom stereocenters. The lowest BCUT2D eigenvalue weighted by Gasteiger charge is -2.35. The largest absolute Gasteiger partial charge is 0.340 e. The molecule has 1 amide bonds. The van der Waals surface area contributed by atoms with E-state index in [9.17, 15) is 13.2 Å². The topological polar surface area (TPSA) is 95.7 Å². The van der Waals surface area contributed by atoms with Crippen molar-refractivity contribution in [2.75, 3.05) is 39.3 Å². The molecule has 0 bridgehead atoms. The first kappa shape index (κ1) is 13.7. The molecule has 7 nitrogen and oxygen atoms in total. The van der Waals surface area contributed by atoms with Crippen LogP contribution in [0.25, 0.3) is 0 Å². The first-order chi connectivity index (χ1) is 8.48. The summed E-state index contributed by atoms with van der Waals surface area (Å²) in [6.45, 7) is 3.17. The van der Waals surface area contributed by atoms with Crippen LogP contribution in [0.4, 0.5) is 0 Å². The summed E-state index contributed by atoms with van der Waals surface area (Å²) in [4.78, 5) is 13.9. The number of piperazine rings is 1. The Morgan fingerprint density at radius 2 is 1.89 bits per heavy atom. The van der Waals surface area contributed by atoms with Crippen LogP contribution >= 0.6 is 0 Å². The first-order valence-electron chi connectivity index (χ1n) is 6.26. The maximum atomic E-state index is 12.2. The average Bonchev–Trinajstić information content (AvgIpc) is 2.38. The van der Waals surface area contributed by atoms with Crippen molar-refractivity contribution >= 4 is 16.1 Å². The van der Waals surface area contributed by atoms with Gasteiger partial charge in [-0.05, 0) is 19.4 Å². The van der Waals surface area contributed by atoms with E-state index >= 15 is 0 Å². The molecule has 0 aromatic carbocycles. The Morgan fingerprint density at radius 1 is 1.22 bits per heavy atom. The van der Waals surface area contributed by atoms with Gasteiger partial charge in [-0.1, -0.05) is 0 Å². The summed E-state index contributed by atoms with van der Waals surface area (Å²) in [5.74, 6) is 0.177. The van der Waals surface area contributed by atoms with Gasteiger partial charge in [0.25, 0.3) is 10.2 Å². The summed E-state index contributed by atoms with van der Waals surface area (Å²) in [5.41, 5.74) is 0. The van der Waals surface area contributed by atoms with E-state index in [-0.39, 0.29) is 11.8 Å². The van der Waals surface area contributed by atoms with Crippen molar-refractivity contribution in [3.63, 3.8) is 0 Å². The van der Waals surface area contributed by atoms with Crippen LogP contribution in [0, 0.1) is 5.92 Å². The number of hydrogen-bond acceptors (Lipinski definition) is 4. The molecule has 2 aliphatic heterocycles. The number of nitrogens with one attached hydrogen (secondary N) is 1. The van der Waals surface area contributed by atoms with E-state index in [2.05, 4.69) is 5.32 Å². The number of carbonyl (C=O) groups is 1. The highest BCUT2D eigenvalue weighted by atomic mass is 32.2. The number of amides is 1. The maximum absolute atomic E-state index is 12.2. The van der Waals surface area contributed by atoms with E-state index in [0.717, 1.165) is 25.9 Å². The van der Waals surface area contributed by atoms with Gasteiger partial charge in [0.15, 0.2) is 0 Å². The van der Waals surface area contributed by atoms with Gasteiger partial charge in [-0.15, -0.1) is 0 Å². The van der Waals surface area contributed by atoms with Crippen LogP contribution < -0.4 is 10.5 Å². The molecule has 0 aromatic heterocycles. The lowest BCUT2D eigenvalue weighted by atomic mass is 9.98. The predicted octanol–water partition coefficient (Wildman–Crippen LogP) is -1.67. The monoisotopic (exact) mass is 276 g/mol. The highest BCUT2D eigenvalue weighted by Crippen LogP contribution is 2.15.